The standard InChI is InChI=1S/C30H30ClN3O2/c1-20(34-28(30(2,3)19-33)23-10-12-24(13-11-23)29(35)36-4)27(17-21-8-14-26(31)15-9-21)25-7-5-6-22(16-25)18-32/h5-16,20,27-28,34H,17H2,1-4H3/t20-,27?,28-/m0/s1. The Morgan fingerprint density at radius 2 is 1.69 bits per heavy atom. The SMILES string of the molecule is COC(=O)c1ccc([C@H](N[C@@H](C)C(Cc2ccc(Cl)cc2)c2cccc(C#N)c2)C(C)(C)C#N)cc1. The van der Waals surface area contributed by atoms with E-state index in [4.69, 9.17) is 16.3 Å². The van der Waals surface area contributed by atoms with Crippen molar-refractivity contribution in [1.29, 1.82) is 10.5 Å². The third-order valence-corrected chi connectivity index (χ3v) is 6.77. The summed E-state index contributed by atoms with van der Waals surface area (Å²) < 4.78 is 4.81. The Kier molecular flexibility index (Phi) is 8.88. The molecule has 1 unspecified atom stereocenters. The smallest absolute Gasteiger partial charge is 0.337 e. The van der Waals surface area contributed by atoms with Crippen molar-refractivity contribution in [3.05, 3.63) is 106 Å². The van der Waals surface area contributed by atoms with Gasteiger partial charge in [-0.2, -0.15) is 10.5 Å². The summed E-state index contributed by atoms with van der Waals surface area (Å²) in [5.41, 5.74) is 3.39. The Balaban J connectivity index is 1.98. The summed E-state index contributed by atoms with van der Waals surface area (Å²) in [5, 5.41) is 23.8. The van der Waals surface area contributed by atoms with Crippen LogP contribution in [-0.2, 0) is 11.2 Å². The highest BCUT2D eigenvalue weighted by Crippen LogP contribution is 2.36. The Labute approximate surface area is 218 Å². The van der Waals surface area contributed by atoms with Gasteiger partial charge in [0.25, 0.3) is 0 Å². The summed E-state index contributed by atoms with van der Waals surface area (Å²) in [5.74, 6) is -0.384. The number of nitrogens with one attached hydrogen (secondary N) is 1. The maximum Gasteiger partial charge on any atom is 0.337 e. The van der Waals surface area contributed by atoms with Crippen LogP contribution >= 0.6 is 11.6 Å². The number of hydrogen-bond acceptors (Lipinski definition) is 5. The summed E-state index contributed by atoms with van der Waals surface area (Å²) in [7, 11) is 1.35. The second kappa shape index (κ2) is 11.9. The topological polar surface area (TPSA) is 85.9 Å². The zero-order chi connectivity index (χ0) is 26.3. The van der Waals surface area contributed by atoms with Gasteiger partial charge in [0, 0.05) is 17.0 Å². The van der Waals surface area contributed by atoms with E-state index in [0.29, 0.717) is 16.1 Å². The van der Waals surface area contributed by atoms with Gasteiger partial charge in [-0.25, -0.2) is 4.79 Å². The Morgan fingerprint density at radius 3 is 2.28 bits per heavy atom. The molecular formula is C30H30ClN3O2. The molecule has 0 aromatic heterocycles. The molecule has 0 amide bonds. The average molecular weight is 500 g/mol. The molecule has 6 heteroatoms. The van der Waals surface area contributed by atoms with Gasteiger partial charge in [-0.3, -0.25) is 0 Å². The summed E-state index contributed by atoms with van der Waals surface area (Å²) in [6, 6.07) is 26.9. The van der Waals surface area contributed by atoms with Crippen molar-refractivity contribution >= 4 is 17.6 Å². The van der Waals surface area contributed by atoms with Crippen LogP contribution in [0.3, 0.4) is 0 Å². The van der Waals surface area contributed by atoms with Crippen molar-refractivity contribution in [2.75, 3.05) is 7.11 Å². The molecule has 0 radical (unpaired) electrons. The maximum absolute atomic E-state index is 11.9. The summed E-state index contributed by atoms with van der Waals surface area (Å²) in [6.45, 7) is 5.90. The quantitative estimate of drug-likeness (QED) is 0.335. The van der Waals surface area contributed by atoms with Crippen LogP contribution in [0.25, 0.3) is 0 Å². The van der Waals surface area contributed by atoms with Crippen LogP contribution in [-0.4, -0.2) is 19.1 Å². The molecule has 0 spiro atoms. The molecule has 36 heavy (non-hydrogen) atoms. The number of ether oxygens (including phenoxy) is 1. The van der Waals surface area contributed by atoms with E-state index in [9.17, 15) is 15.3 Å². The molecule has 5 nitrogen and oxygen atoms in total. The van der Waals surface area contributed by atoms with E-state index in [1.807, 2.05) is 68.4 Å². The molecule has 3 aromatic rings. The third kappa shape index (κ3) is 6.52. The number of benzene rings is 3. The highest BCUT2D eigenvalue weighted by atomic mass is 35.5. The van der Waals surface area contributed by atoms with Crippen molar-refractivity contribution in [3.63, 3.8) is 0 Å². The van der Waals surface area contributed by atoms with Gasteiger partial charge in [-0.05, 0) is 80.3 Å². The number of carbonyl (C=O) groups excluding carboxylic acids is 1. The minimum atomic E-state index is -0.736. The molecule has 184 valence electrons. The minimum Gasteiger partial charge on any atom is -0.465 e. The first-order valence-corrected chi connectivity index (χ1v) is 12.2. The zero-order valence-corrected chi connectivity index (χ0v) is 21.7. The fourth-order valence-electron chi connectivity index (χ4n) is 4.39. The molecule has 3 atom stereocenters. The lowest BCUT2D eigenvalue weighted by atomic mass is 9.79. The number of methoxy groups -OCH3 is 1. The Morgan fingerprint density at radius 1 is 1.03 bits per heavy atom. The first-order chi connectivity index (χ1) is 17.2. The van der Waals surface area contributed by atoms with E-state index in [1.165, 1.54) is 7.11 Å². The largest absolute Gasteiger partial charge is 0.465 e. The number of halogens is 1. The summed E-state index contributed by atoms with van der Waals surface area (Å²) in [6.07, 6.45) is 0.723. The van der Waals surface area contributed by atoms with E-state index >= 15 is 0 Å². The zero-order valence-electron chi connectivity index (χ0n) is 21.0. The molecule has 0 aliphatic heterocycles. The first-order valence-electron chi connectivity index (χ1n) is 11.8. The van der Waals surface area contributed by atoms with Crippen molar-refractivity contribution in [2.45, 2.75) is 45.2 Å². The number of nitriles is 2. The minimum absolute atomic E-state index is 0.0193. The van der Waals surface area contributed by atoms with E-state index < -0.39 is 11.4 Å². The van der Waals surface area contributed by atoms with Gasteiger partial charge < -0.3 is 10.1 Å². The molecule has 0 saturated heterocycles. The summed E-state index contributed by atoms with van der Waals surface area (Å²) >= 11 is 6.10. The van der Waals surface area contributed by atoms with E-state index in [1.54, 1.807) is 18.2 Å². The van der Waals surface area contributed by atoms with Crippen molar-refractivity contribution in [3.8, 4) is 12.1 Å². The molecule has 0 bridgehead atoms. The average Bonchev–Trinajstić information content (AvgIpc) is 2.90. The second-order valence-electron chi connectivity index (χ2n) is 9.51. The maximum atomic E-state index is 11.9. The predicted octanol–water partition coefficient (Wildman–Crippen LogP) is 6.59. The molecule has 0 aliphatic rings. The van der Waals surface area contributed by atoms with E-state index in [0.717, 1.165) is 23.1 Å². The Hall–Kier alpha value is -3.64. The number of rotatable bonds is 9. The van der Waals surface area contributed by atoms with E-state index in [-0.39, 0.29) is 18.0 Å². The Bertz CT molecular complexity index is 1270. The number of hydrogen-bond donors (Lipinski definition) is 1. The van der Waals surface area contributed by atoms with Crippen LogP contribution in [0.1, 0.15) is 65.3 Å². The van der Waals surface area contributed by atoms with Crippen LogP contribution in [0.2, 0.25) is 5.02 Å². The molecule has 0 aliphatic carbocycles. The molecule has 1 N–H and O–H groups in total. The van der Waals surface area contributed by atoms with Gasteiger partial charge >= 0.3 is 5.97 Å². The van der Waals surface area contributed by atoms with Crippen LogP contribution in [0.4, 0.5) is 0 Å². The van der Waals surface area contributed by atoms with Gasteiger partial charge in [-0.1, -0.05) is 48.0 Å². The van der Waals surface area contributed by atoms with Gasteiger partial charge in [-0.15, -0.1) is 0 Å². The van der Waals surface area contributed by atoms with Gasteiger partial charge in [0.2, 0.25) is 0 Å². The monoisotopic (exact) mass is 499 g/mol. The van der Waals surface area contributed by atoms with Gasteiger partial charge in [0.15, 0.2) is 0 Å². The molecule has 0 fully saturated rings. The normalized spacial score (nSPS) is 13.6. The lowest BCUT2D eigenvalue weighted by molar-refractivity contribution is 0.0600. The third-order valence-electron chi connectivity index (χ3n) is 6.52. The highest BCUT2D eigenvalue weighted by Gasteiger charge is 2.34. The molecule has 0 saturated carbocycles. The van der Waals surface area contributed by atoms with Crippen molar-refractivity contribution in [1.82, 2.24) is 5.32 Å². The first kappa shape index (κ1) is 27.0. The molecule has 3 aromatic carbocycles. The van der Waals surface area contributed by atoms with Crippen LogP contribution in [0.5, 0.6) is 0 Å². The second-order valence-corrected chi connectivity index (χ2v) is 9.95. The van der Waals surface area contributed by atoms with Crippen LogP contribution in [0, 0.1) is 28.1 Å². The highest BCUT2D eigenvalue weighted by molar-refractivity contribution is 6.30. The fraction of sp³-hybridized carbons (Fsp3) is 0.300. The van der Waals surface area contributed by atoms with Crippen LogP contribution < -0.4 is 5.32 Å². The molecule has 0 heterocycles. The van der Waals surface area contributed by atoms with Gasteiger partial charge in [0.1, 0.15) is 0 Å². The molecule has 3 rings (SSSR count). The van der Waals surface area contributed by atoms with Crippen LogP contribution in [0.15, 0.2) is 72.8 Å². The number of nitrogens with zero attached hydrogens (tertiary/aromatic N) is 2. The van der Waals surface area contributed by atoms with Crippen molar-refractivity contribution < 1.29 is 9.53 Å². The van der Waals surface area contributed by atoms with Crippen molar-refractivity contribution in [2.24, 2.45) is 5.41 Å². The molecular weight excluding hydrogens is 470 g/mol. The summed E-state index contributed by atoms with van der Waals surface area (Å²) in [4.78, 5) is 11.9. The number of esters is 1. The predicted molar refractivity (Wildman–Crippen MR) is 142 cm³/mol. The lowest BCUT2D eigenvalue weighted by Gasteiger charge is -2.36. The fourth-order valence-corrected chi connectivity index (χ4v) is 4.52. The number of carbonyl (C=O) groups is 1. The lowest BCUT2D eigenvalue weighted by Crippen LogP contribution is -2.42. The van der Waals surface area contributed by atoms with E-state index in [2.05, 4.69) is 24.4 Å². The van der Waals surface area contributed by atoms with Gasteiger partial charge in [0.05, 0.1) is 41.8 Å².